The van der Waals surface area contributed by atoms with Gasteiger partial charge in [0.2, 0.25) is 0 Å². The maximum atomic E-state index is 12.1. The SMILES string of the molecule is O=C(S)Nc1cccc(S(=O)C(F)(F)F)c1. The Morgan fingerprint density at radius 3 is 2.50 bits per heavy atom. The van der Waals surface area contributed by atoms with Gasteiger partial charge < -0.3 is 5.32 Å². The number of rotatable bonds is 2. The maximum absolute atomic E-state index is 12.1. The number of benzene rings is 1. The van der Waals surface area contributed by atoms with E-state index in [-0.39, 0.29) is 5.69 Å². The summed E-state index contributed by atoms with van der Waals surface area (Å²) < 4.78 is 47.3. The number of amides is 1. The summed E-state index contributed by atoms with van der Waals surface area (Å²) in [5, 5.41) is 1.46. The van der Waals surface area contributed by atoms with Gasteiger partial charge in [0, 0.05) is 10.6 Å². The molecular formula is C8H6F3NO2S2. The van der Waals surface area contributed by atoms with Gasteiger partial charge in [-0.3, -0.25) is 4.79 Å². The van der Waals surface area contributed by atoms with E-state index in [1.54, 1.807) is 0 Å². The first-order valence-corrected chi connectivity index (χ1v) is 5.49. The summed E-state index contributed by atoms with van der Waals surface area (Å²) in [5.41, 5.74) is -4.71. The molecule has 8 heteroatoms. The van der Waals surface area contributed by atoms with Gasteiger partial charge in [0.15, 0.2) is 10.8 Å². The van der Waals surface area contributed by atoms with Crippen molar-refractivity contribution in [2.24, 2.45) is 0 Å². The number of nitrogens with one attached hydrogen (secondary N) is 1. The van der Waals surface area contributed by atoms with Crippen molar-refractivity contribution in [1.29, 1.82) is 0 Å². The standard InChI is InChI=1S/C8H6F3NO2S2/c9-8(10,11)16(14)6-3-1-2-5(4-6)12-7(13)15/h1-4H,(H2,12,13,15). The number of carbonyl (C=O) groups excluding carboxylic acids is 1. The molecule has 0 bridgehead atoms. The van der Waals surface area contributed by atoms with Gasteiger partial charge >= 0.3 is 5.51 Å². The molecule has 0 aromatic heterocycles. The van der Waals surface area contributed by atoms with Crippen LogP contribution in [-0.4, -0.2) is 15.0 Å². The number of carbonyl (C=O) groups is 1. The van der Waals surface area contributed by atoms with Gasteiger partial charge in [-0.2, -0.15) is 13.2 Å². The summed E-state index contributed by atoms with van der Waals surface area (Å²) in [6.07, 6.45) is 0. The average molecular weight is 269 g/mol. The lowest BCUT2D eigenvalue weighted by Crippen LogP contribution is -2.16. The predicted octanol–water partition coefficient (Wildman–Crippen LogP) is 2.78. The van der Waals surface area contributed by atoms with E-state index in [0.717, 1.165) is 12.1 Å². The van der Waals surface area contributed by atoms with E-state index in [1.165, 1.54) is 12.1 Å². The number of anilines is 1. The fourth-order valence-corrected chi connectivity index (χ4v) is 1.78. The van der Waals surface area contributed by atoms with Crippen LogP contribution in [0.15, 0.2) is 29.2 Å². The fraction of sp³-hybridized carbons (Fsp3) is 0.125. The maximum Gasteiger partial charge on any atom is 0.475 e. The smallest absolute Gasteiger partial charge is 0.317 e. The van der Waals surface area contributed by atoms with E-state index >= 15 is 0 Å². The summed E-state index contributed by atoms with van der Waals surface area (Å²) in [4.78, 5) is 10.1. The first-order chi connectivity index (χ1) is 7.30. The molecule has 16 heavy (non-hydrogen) atoms. The third-order valence-corrected chi connectivity index (χ3v) is 2.72. The number of halogens is 3. The first kappa shape index (κ1) is 13.0. The third kappa shape index (κ3) is 3.53. The summed E-state index contributed by atoms with van der Waals surface area (Å²) in [6, 6.07) is 4.68. The number of alkyl halides is 3. The minimum Gasteiger partial charge on any atom is -0.317 e. The van der Waals surface area contributed by atoms with Crippen LogP contribution in [0.5, 0.6) is 0 Å². The first-order valence-electron chi connectivity index (χ1n) is 3.89. The second-order valence-corrected chi connectivity index (χ2v) is 4.55. The minimum atomic E-state index is -4.82. The van der Waals surface area contributed by atoms with Crippen LogP contribution in [0.2, 0.25) is 0 Å². The van der Waals surface area contributed by atoms with E-state index in [2.05, 4.69) is 17.9 Å². The number of hydrogen-bond acceptors (Lipinski definition) is 2. The largest absolute Gasteiger partial charge is 0.475 e. The Morgan fingerprint density at radius 1 is 1.38 bits per heavy atom. The zero-order chi connectivity index (χ0) is 12.3. The van der Waals surface area contributed by atoms with E-state index in [1.807, 2.05) is 0 Å². The van der Waals surface area contributed by atoms with Crippen LogP contribution in [0.25, 0.3) is 0 Å². The molecule has 1 aromatic carbocycles. The van der Waals surface area contributed by atoms with E-state index in [9.17, 15) is 22.2 Å². The lowest BCUT2D eigenvalue weighted by molar-refractivity contribution is -0.0384. The Labute approximate surface area is 96.9 Å². The van der Waals surface area contributed by atoms with Crippen molar-refractivity contribution in [3.8, 4) is 0 Å². The molecule has 1 rings (SSSR count). The topological polar surface area (TPSA) is 46.2 Å². The highest BCUT2D eigenvalue weighted by Crippen LogP contribution is 2.27. The zero-order valence-electron chi connectivity index (χ0n) is 7.62. The van der Waals surface area contributed by atoms with Crippen molar-refractivity contribution in [1.82, 2.24) is 0 Å². The summed E-state index contributed by atoms with van der Waals surface area (Å²) in [5.74, 6) is 0. The molecule has 1 unspecified atom stereocenters. The fourth-order valence-electron chi connectivity index (χ4n) is 0.946. The molecule has 0 saturated heterocycles. The van der Waals surface area contributed by atoms with Gasteiger partial charge in [0.25, 0.3) is 5.24 Å². The molecule has 1 amide bonds. The molecule has 0 aliphatic carbocycles. The van der Waals surface area contributed by atoms with E-state index < -0.39 is 26.4 Å². The highest BCUT2D eigenvalue weighted by Gasteiger charge is 2.37. The molecule has 0 fully saturated rings. The molecule has 1 atom stereocenters. The Kier molecular flexibility index (Phi) is 3.98. The van der Waals surface area contributed by atoms with Crippen molar-refractivity contribution in [2.75, 3.05) is 5.32 Å². The van der Waals surface area contributed by atoms with Crippen molar-refractivity contribution in [3.63, 3.8) is 0 Å². The predicted molar refractivity (Wildman–Crippen MR) is 56.9 cm³/mol. The molecule has 1 N–H and O–H groups in total. The van der Waals surface area contributed by atoms with E-state index in [4.69, 9.17) is 0 Å². The highest BCUT2D eigenvalue weighted by atomic mass is 32.2. The second-order valence-electron chi connectivity index (χ2n) is 2.67. The van der Waals surface area contributed by atoms with Crippen molar-refractivity contribution in [2.45, 2.75) is 10.4 Å². The molecule has 0 saturated carbocycles. The van der Waals surface area contributed by atoms with Crippen LogP contribution in [0.4, 0.5) is 23.7 Å². The Hall–Kier alpha value is -1.02. The molecule has 0 radical (unpaired) electrons. The molecule has 0 aliphatic rings. The molecule has 0 spiro atoms. The van der Waals surface area contributed by atoms with Crippen LogP contribution in [-0.2, 0) is 10.8 Å². The molecule has 3 nitrogen and oxygen atoms in total. The second kappa shape index (κ2) is 4.88. The average Bonchev–Trinajstić information content (AvgIpc) is 2.14. The number of thiol groups is 1. The third-order valence-electron chi connectivity index (χ3n) is 1.51. The monoisotopic (exact) mass is 269 g/mol. The van der Waals surface area contributed by atoms with Crippen molar-refractivity contribution in [3.05, 3.63) is 24.3 Å². The van der Waals surface area contributed by atoms with Gasteiger partial charge in [0.1, 0.15) is 0 Å². The van der Waals surface area contributed by atoms with Crippen LogP contribution in [0, 0.1) is 0 Å². The highest BCUT2D eigenvalue weighted by molar-refractivity contribution is 7.96. The summed E-state index contributed by atoms with van der Waals surface area (Å²) in [6.45, 7) is 0. The minimum absolute atomic E-state index is 0.107. The van der Waals surface area contributed by atoms with Crippen molar-refractivity contribution < 1.29 is 22.2 Å². The molecule has 0 aliphatic heterocycles. The quantitative estimate of drug-likeness (QED) is 0.811. The van der Waals surface area contributed by atoms with Crippen LogP contribution in [0.3, 0.4) is 0 Å². The van der Waals surface area contributed by atoms with Gasteiger partial charge in [-0.1, -0.05) is 18.7 Å². The van der Waals surface area contributed by atoms with E-state index in [0.29, 0.717) is 0 Å². The van der Waals surface area contributed by atoms with Gasteiger partial charge in [0.05, 0.1) is 0 Å². The Morgan fingerprint density at radius 2 is 2.00 bits per heavy atom. The molecular weight excluding hydrogens is 263 g/mol. The summed E-state index contributed by atoms with van der Waals surface area (Å²) >= 11 is 3.40. The van der Waals surface area contributed by atoms with Crippen LogP contribution in [0.1, 0.15) is 0 Å². The lowest BCUT2D eigenvalue weighted by atomic mass is 10.3. The Balaban J connectivity index is 2.99. The van der Waals surface area contributed by atoms with Gasteiger partial charge in [-0.25, -0.2) is 4.21 Å². The zero-order valence-corrected chi connectivity index (χ0v) is 9.33. The normalized spacial score (nSPS) is 13.2. The molecule has 88 valence electrons. The van der Waals surface area contributed by atoms with Crippen LogP contribution < -0.4 is 5.32 Å². The van der Waals surface area contributed by atoms with Gasteiger partial charge in [-0.15, -0.1) is 0 Å². The summed E-state index contributed by atoms with van der Waals surface area (Å²) in [7, 11) is -3.10. The lowest BCUT2D eigenvalue weighted by Gasteiger charge is -2.07. The van der Waals surface area contributed by atoms with Crippen LogP contribution >= 0.6 is 12.6 Å². The number of hydrogen-bond donors (Lipinski definition) is 2. The van der Waals surface area contributed by atoms with Gasteiger partial charge in [-0.05, 0) is 18.2 Å². The van der Waals surface area contributed by atoms with Crippen molar-refractivity contribution >= 4 is 34.4 Å². The Bertz CT molecular complexity index is 434. The molecule has 1 aromatic rings. The molecule has 0 heterocycles.